The van der Waals surface area contributed by atoms with E-state index in [1.807, 2.05) is 0 Å². The standard InChI is InChI=1S/C13H17F2N5O/c1-9(2)7-16-8-12-17-18-19-20(12)10-5-3-4-6-11(10)21-13(14)15/h3-6,9,13,16H,7-8H2,1-2H3. The van der Waals surface area contributed by atoms with Gasteiger partial charge in [0.2, 0.25) is 0 Å². The Morgan fingerprint density at radius 1 is 1.29 bits per heavy atom. The molecule has 0 aliphatic heterocycles. The van der Waals surface area contributed by atoms with Crippen molar-refractivity contribution in [2.24, 2.45) is 5.92 Å². The van der Waals surface area contributed by atoms with Gasteiger partial charge < -0.3 is 10.1 Å². The topological polar surface area (TPSA) is 64.9 Å². The Bertz CT molecular complexity index is 573. The largest absolute Gasteiger partial charge is 0.433 e. The molecule has 1 aromatic carbocycles. The molecule has 0 unspecified atom stereocenters. The predicted molar refractivity (Wildman–Crippen MR) is 72.3 cm³/mol. The van der Waals surface area contributed by atoms with Crippen molar-refractivity contribution in [3.8, 4) is 11.4 Å². The Labute approximate surface area is 121 Å². The van der Waals surface area contributed by atoms with Crippen molar-refractivity contribution in [3.05, 3.63) is 30.1 Å². The van der Waals surface area contributed by atoms with Gasteiger partial charge in [0.25, 0.3) is 0 Å². The van der Waals surface area contributed by atoms with Gasteiger partial charge in [-0.15, -0.1) is 5.10 Å². The average Bonchev–Trinajstić information content (AvgIpc) is 2.86. The molecule has 6 nitrogen and oxygen atoms in total. The summed E-state index contributed by atoms with van der Waals surface area (Å²) in [5, 5.41) is 14.6. The number of para-hydroxylation sites is 2. The zero-order valence-electron chi connectivity index (χ0n) is 11.8. The third kappa shape index (κ3) is 4.19. The van der Waals surface area contributed by atoms with Crippen molar-refractivity contribution in [3.63, 3.8) is 0 Å². The number of tetrazole rings is 1. The second-order valence-corrected chi connectivity index (χ2v) is 4.88. The first-order chi connectivity index (χ1) is 10.1. The van der Waals surface area contributed by atoms with Crippen molar-refractivity contribution in [2.75, 3.05) is 6.54 Å². The monoisotopic (exact) mass is 297 g/mol. The number of halogens is 2. The second kappa shape index (κ2) is 7.07. The zero-order chi connectivity index (χ0) is 15.2. The number of rotatable bonds is 7. The van der Waals surface area contributed by atoms with E-state index < -0.39 is 6.61 Å². The number of hydrogen-bond acceptors (Lipinski definition) is 5. The number of nitrogens with zero attached hydrogens (tertiary/aromatic N) is 4. The molecule has 2 rings (SSSR count). The number of ether oxygens (including phenoxy) is 1. The summed E-state index contributed by atoms with van der Waals surface area (Å²) in [4.78, 5) is 0. The lowest BCUT2D eigenvalue weighted by Gasteiger charge is -2.12. The quantitative estimate of drug-likeness (QED) is 0.847. The van der Waals surface area contributed by atoms with Crippen LogP contribution in [0.15, 0.2) is 24.3 Å². The van der Waals surface area contributed by atoms with E-state index >= 15 is 0 Å². The van der Waals surface area contributed by atoms with Gasteiger partial charge in [-0.3, -0.25) is 0 Å². The molecule has 0 atom stereocenters. The van der Waals surface area contributed by atoms with E-state index in [0.29, 0.717) is 24.0 Å². The van der Waals surface area contributed by atoms with Crippen LogP contribution in [0.5, 0.6) is 5.75 Å². The molecule has 1 N–H and O–H groups in total. The third-order valence-electron chi connectivity index (χ3n) is 2.68. The van der Waals surface area contributed by atoms with Crippen LogP contribution in [0.4, 0.5) is 8.78 Å². The van der Waals surface area contributed by atoms with Crippen molar-refractivity contribution in [2.45, 2.75) is 27.0 Å². The summed E-state index contributed by atoms with van der Waals surface area (Å²) in [6.07, 6.45) is 0. The fraction of sp³-hybridized carbons (Fsp3) is 0.462. The number of benzene rings is 1. The highest BCUT2D eigenvalue weighted by atomic mass is 19.3. The van der Waals surface area contributed by atoms with E-state index in [1.54, 1.807) is 18.2 Å². The normalized spacial score (nSPS) is 11.3. The Kier molecular flexibility index (Phi) is 5.15. The van der Waals surface area contributed by atoms with Gasteiger partial charge in [-0.1, -0.05) is 26.0 Å². The lowest BCUT2D eigenvalue weighted by molar-refractivity contribution is -0.0499. The van der Waals surface area contributed by atoms with Gasteiger partial charge >= 0.3 is 6.61 Å². The predicted octanol–water partition coefficient (Wildman–Crippen LogP) is 2.01. The first kappa shape index (κ1) is 15.3. The minimum Gasteiger partial charge on any atom is -0.433 e. The molecular weight excluding hydrogens is 280 g/mol. The first-order valence-corrected chi connectivity index (χ1v) is 6.60. The molecule has 0 saturated heterocycles. The zero-order valence-corrected chi connectivity index (χ0v) is 11.8. The van der Waals surface area contributed by atoms with Crippen molar-refractivity contribution >= 4 is 0 Å². The van der Waals surface area contributed by atoms with Gasteiger partial charge in [-0.2, -0.15) is 13.5 Å². The van der Waals surface area contributed by atoms with Crippen LogP contribution in [-0.4, -0.2) is 33.4 Å². The molecule has 0 bridgehead atoms. The van der Waals surface area contributed by atoms with Crippen LogP contribution in [0.1, 0.15) is 19.7 Å². The van der Waals surface area contributed by atoms with Gasteiger partial charge in [0.1, 0.15) is 5.69 Å². The van der Waals surface area contributed by atoms with Crippen LogP contribution in [0.2, 0.25) is 0 Å². The summed E-state index contributed by atoms with van der Waals surface area (Å²) >= 11 is 0. The molecule has 1 heterocycles. The van der Waals surface area contributed by atoms with Crippen molar-refractivity contribution in [1.82, 2.24) is 25.5 Å². The Morgan fingerprint density at radius 3 is 2.76 bits per heavy atom. The van der Waals surface area contributed by atoms with Crippen LogP contribution in [-0.2, 0) is 6.54 Å². The molecule has 0 aliphatic carbocycles. The van der Waals surface area contributed by atoms with E-state index in [0.717, 1.165) is 6.54 Å². The number of alkyl halides is 2. The number of aromatic nitrogens is 4. The Balaban J connectivity index is 2.20. The number of nitrogens with one attached hydrogen (secondary N) is 1. The Morgan fingerprint density at radius 2 is 2.05 bits per heavy atom. The summed E-state index contributed by atoms with van der Waals surface area (Å²) in [6.45, 7) is 2.52. The smallest absolute Gasteiger partial charge is 0.387 e. The molecule has 0 fully saturated rings. The molecule has 114 valence electrons. The van der Waals surface area contributed by atoms with Crippen molar-refractivity contribution < 1.29 is 13.5 Å². The molecule has 2 aromatic rings. The maximum atomic E-state index is 12.4. The van der Waals surface area contributed by atoms with Crippen LogP contribution in [0.3, 0.4) is 0 Å². The molecule has 0 amide bonds. The second-order valence-electron chi connectivity index (χ2n) is 4.88. The fourth-order valence-corrected chi connectivity index (χ4v) is 1.80. The summed E-state index contributed by atoms with van der Waals surface area (Å²) in [5.74, 6) is 1.05. The average molecular weight is 297 g/mol. The van der Waals surface area contributed by atoms with Gasteiger partial charge in [0.15, 0.2) is 11.6 Å². The maximum Gasteiger partial charge on any atom is 0.387 e. The SMILES string of the molecule is CC(C)CNCc1nnnn1-c1ccccc1OC(F)F. The molecule has 0 radical (unpaired) electrons. The highest BCUT2D eigenvalue weighted by Crippen LogP contribution is 2.24. The van der Waals surface area contributed by atoms with Gasteiger partial charge in [-0.05, 0) is 35.0 Å². The lowest BCUT2D eigenvalue weighted by Crippen LogP contribution is -2.21. The highest BCUT2D eigenvalue weighted by Gasteiger charge is 2.15. The molecule has 8 heteroatoms. The number of hydrogen-bond donors (Lipinski definition) is 1. The molecule has 0 saturated carbocycles. The minimum absolute atomic E-state index is 0.0323. The van der Waals surface area contributed by atoms with Crippen LogP contribution < -0.4 is 10.1 Å². The lowest BCUT2D eigenvalue weighted by atomic mass is 10.2. The summed E-state index contributed by atoms with van der Waals surface area (Å²) in [5.41, 5.74) is 0.379. The Hall–Kier alpha value is -2.09. The van der Waals surface area contributed by atoms with Gasteiger partial charge in [0.05, 0.1) is 6.54 Å². The van der Waals surface area contributed by atoms with E-state index in [1.165, 1.54) is 10.7 Å². The molecule has 1 aromatic heterocycles. The van der Waals surface area contributed by atoms with Crippen molar-refractivity contribution in [1.29, 1.82) is 0 Å². The van der Waals surface area contributed by atoms with Gasteiger partial charge in [-0.25, -0.2) is 0 Å². The molecular formula is C13H17F2N5O. The minimum atomic E-state index is -2.90. The van der Waals surface area contributed by atoms with E-state index in [-0.39, 0.29) is 5.75 Å². The van der Waals surface area contributed by atoms with E-state index in [2.05, 4.69) is 39.4 Å². The van der Waals surface area contributed by atoms with Crippen LogP contribution >= 0.6 is 0 Å². The highest BCUT2D eigenvalue weighted by molar-refractivity contribution is 5.46. The molecule has 21 heavy (non-hydrogen) atoms. The van der Waals surface area contributed by atoms with Gasteiger partial charge in [0, 0.05) is 0 Å². The van der Waals surface area contributed by atoms with Crippen LogP contribution in [0, 0.1) is 5.92 Å². The summed E-state index contributed by atoms with van der Waals surface area (Å²) in [7, 11) is 0. The van der Waals surface area contributed by atoms with E-state index in [4.69, 9.17) is 0 Å². The fourth-order valence-electron chi connectivity index (χ4n) is 1.80. The molecule has 0 aliphatic rings. The summed E-state index contributed by atoms with van der Waals surface area (Å²) in [6, 6.07) is 6.40. The maximum absolute atomic E-state index is 12.4. The van der Waals surface area contributed by atoms with E-state index in [9.17, 15) is 8.78 Å². The summed E-state index contributed by atoms with van der Waals surface area (Å²) < 4.78 is 30.8. The molecule has 0 spiro atoms. The third-order valence-corrected chi connectivity index (χ3v) is 2.68. The first-order valence-electron chi connectivity index (χ1n) is 6.60. The van der Waals surface area contributed by atoms with Crippen LogP contribution in [0.25, 0.3) is 5.69 Å².